The Balaban J connectivity index is 1.65. The summed E-state index contributed by atoms with van der Waals surface area (Å²) in [5.74, 6) is 1.26. The van der Waals surface area contributed by atoms with Gasteiger partial charge in [0.2, 0.25) is 10.0 Å². The summed E-state index contributed by atoms with van der Waals surface area (Å²) in [6.45, 7) is 5.73. The number of benzene rings is 3. The lowest BCUT2D eigenvalue weighted by atomic mass is 10.2. The monoisotopic (exact) mass is 478 g/mol. The van der Waals surface area contributed by atoms with Gasteiger partial charge in [-0.2, -0.15) is 0 Å². The number of nitrogens with one attached hydrogen (secondary N) is 1. The van der Waals surface area contributed by atoms with Gasteiger partial charge in [0.25, 0.3) is 0 Å². The predicted molar refractivity (Wildman–Crippen MR) is 132 cm³/mol. The second kappa shape index (κ2) is 9.91. The van der Waals surface area contributed by atoms with Crippen LogP contribution in [-0.4, -0.2) is 23.2 Å². The summed E-state index contributed by atoms with van der Waals surface area (Å²) in [4.78, 5) is 0.222. The minimum Gasteiger partial charge on any atom is -0.273 e. The summed E-state index contributed by atoms with van der Waals surface area (Å²) >= 11 is 1.57. The Bertz CT molecular complexity index is 1320. The Labute approximate surface area is 199 Å². The van der Waals surface area contributed by atoms with Crippen molar-refractivity contribution in [2.45, 2.75) is 42.6 Å². The molecule has 0 fully saturated rings. The molecule has 1 atom stereocenters. The first-order chi connectivity index (χ1) is 15.8. The van der Waals surface area contributed by atoms with Crippen molar-refractivity contribution < 1.29 is 8.42 Å². The number of rotatable bonds is 8. The average Bonchev–Trinajstić information content (AvgIpc) is 3.23. The van der Waals surface area contributed by atoms with Crippen molar-refractivity contribution in [3.63, 3.8) is 0 Å². The maximum absolute atomic E-state index is 13.0. The second-order valence-electron chi connectivity index (χ2n) is 7.94. The van der Waals surface area contributed by atoms with E-state index in [4.69, 9.17) is 0 Å². The zero-order valence-electron chi connectivity index (χ0n) is 18.8. The Morgan fingerprint density at radius 3 is 2.12 bits per heavy atom. The SMILES string of the molecule is Cc1ccc(-n2c(SCc3ccccc3)nnc2C(C)NS(=O)(=O)c2ccc(C)cc2)cc1. The lowest BCUT2D eigenvalue weighted by Crippen LogP contribution is -2.28. The van der Waals surface area contributed by atoms with Crippen LogP contribution in [-0.2, 0) is 15.8 Å². The lowest BCUT2D eigenvalue weighted by molar-refractivity contribution is 0.556. The minimum absolute atomic E-state index is 0.222. The molecule has 0 aliphatic heterocycles. The molecule has 1 aromatic heterocycles. The molecule has 4 aromatic rings. The third kappa shape index (κ3) is 5.52. The molecule has 1 unspecified atom stereocenters. The maximum Gasteiger partial charge on any atom is 0.241 e. The van der Waals surface area contributed by atoms with Crippen LogP contribution in [0.3, 0.4) is 0 Å². The van der Waals surface area contributed by atoms with Gasteiger partial charge in [0.15, 0.2) is 11.0 Å². The van der Waals surface area contributed by atoms with E-state index in [0.29, 0.717) is 11.0 Å². The molecule has 4 rings (SSSR count). The van der Waals surface area contributed by atoms with Crippen LogP contribution in [0.4, 0.5) is 0 Å². The molecule has 0 aliphatic carbocycles. The third-order valence-corrected chi connectivity index (χ3v) is 7.77. The van der Waals surface area contributed by atoms with Gasteiger partial charge in [-0.15, -0.1) is 10.2 Å². The van der Waals surface area contributed by atoms with Crippen molar-refractivity contribution in [2.75, 3.05) is 0 Å². The highest BCUT2D eigenvalue weighted by molar-refractivity contribution is 7.98. The molecule has 0 amide bonds. The van der Waals surface area contributed by atoms with E-state index in [1.807, 2.05) is 60.9 Å². The highest BCUT2D eigenvalue weighted by atomic mass is 32.2. The molecule has 0 saturated carbocycles. The van der Waals surface area contributed by atoms with Gasteiger partial charge in [-0.1, -0.05) is 77.5 Å². The molecule has 0 spiro atoms. The fourth-order valence-electron chi connectivity index (χ4n) is 3.38. The van der Waals surface area contributed by atoms with Crippen LogP contribution in [0.2, 0.25) is 0 Å². The van der Waals surface area contributed by atoms with Gasteiger partial charge in [0.1, 0.15) is 0 Å². The van der Waals surface area contributed by atoms with E-state index in [2.05, 4.69) is 27.1 Å². The van der Waals surface area contributed by atoms with Crippen LogP contribution in [0, 0.1) is 13.8 Å². The summed E-state index contributed by atoms with van der Waals surface area (Å²) in [5.41, 5.74) is 4.20. The van der Waals surface area contributed by atoms with Crippen LogP contribution < -0.4 is 4.72 Å². The van der Waals surface area contributed by atoms with Gasteiger partial charge in [-0.3, -0.25) is 4.57 Å². The van der Waals surface area contributed by atoms with Crippen molar-refractivity contribution in [3.8, 4) is 5.69 Å². The molecule has 0 aliphatic rings. The standard InChI is InChI=1S/C25H26N4O2S2/c1-18-9-13-22(14-10-18)29-24(26-27-25(29)32-17-21-7-5-4-6-8-21)20(3)28-33(30,31)23-15-11-19(2)12-16-23/h4-16,20,28H,17H2,1-3H3. The molecule has 0 saturated heterocycles. The molecular formula is C25H26N4O2S2. The number of aryl methyl sites for hydroxylation is 2. The predicted octanol–water partition coefficient (Wildman–Crippen LogP) is 5.22. The van der Waals surface area contributed by atoms with Crippen molar-refractivity contribution in [1.29, 1.82) is 0 Å². The molecule has 8 heteroatoms. The van der Waals surface area contributed by atoms with E-state index in [1.165, 1.54) is 5.56 Å². The van der Waals surface area contributed by atoms with Crippen molar-refractivity contribution in [1.82, 2.24) is 19.5 Å². The van der Waals surface area contributed by atoms with E-state index >= 15 is 0 Å². The Morgan fingerprint density at radius 1 is 0.879 bits per heavy atom. The van der Waals surface area contributed by atoms with E-state index in [1.54, 1.807) is 43.0 Å². The molecular weight excluding hydrogens is 452 g/mol. The van der Waals surface area contributed by atoms with E-state index in [9.17, 15) is 8.42 Å². The van der Waals surface area contributed by atoms with Crippen molar-refractivity contribution >= 4 is 21.8 Å². The zero-order valence-corrected chi connectivity index (χ0v) is 20.4. The Hall–Kier alpha value is -2.94. The van der Waals surface area contributed by atoms with Crippen molar-refractivity contribution in [2.24, 2.45) is 0 Å². The normalized spacial score (nSPS) is 12.6. The van der Waals surface area contributed by atoms with Gasteiger partial charge in [0.05, 0.1) is 10.9 Å². The smallest absolute Gasteiger partial charge is 0.241 e. The molecule has 3 aromatic carbocycles. The number of aromatic nitrogens is 3. The molecule has 170 valence electrons. The fraction of sp³-hybridized carbons (Fsp3) is 0.200. The van der Waals surface area contributed by atoms with Crippen LogP contribution in [0.5, 0.6) is 0 Å². The molecule has 0 radical (unpaired) electrons. The first kappa shape index (κ1) is 23.2. The van der Waals surface area contributed by atoms with Crippen molar-refractivity contribution in [3.05, 3.63) is 101 Å². The van der Waals surface area contributed by atoms with Gasteiger partial charge >= 0.3 is 0 Å². The number of hydrogen-bond acceptors (Lipinski definition) is 5. The quantitative estimate of drug-likeness (QED) is 0.352. The van der Waals surface area contributed by atoms with E-state index < -0.39 is 16.1 Å². The number of hydrogen-bond donors (Lipinski definition) is 1. The average molecular weight is 479 g/mol. The minimum atomic E-state index is -3.71. The first-order valence-corrected chi connectivity index (χ1v) is 13.1. The fourth-order valence-corrected chi connectivity index (χ4v) is 5.50. The third-order valence-electron chi connectivity index (χ3n) is 5.21. The molecule has 0 bridgehead atoms. The van der Waals surface area contributed by atoms with Gasteiger partial charge in [-0.25, -0.2) is 13.1 Å². The zero-order chi connectivity index (χ0) is 23.4. The highest BCUT2D eigenvalue weighted by Gasteiger charge is 2.24. The first-order valence-electron chi connectivity index (χ1n) is 10.6. The summed E-state index contributed by atoms with van der Waals surface area (Å²) in [7, 11) is -3.71. The Kier molecular flexibility index (Phi) is 6.97. The second-order valence-corrected chi connectivity index (χ2v) is 10.6. The maximum atomic E-state index is 13.0. The number of thioether (sulfide) groups is 1. The van der Waals surface area contributed by atoms with Crippen LogP contribution in [0.1, 0.15) is 35.5 Å². The highest BCUT2D eigenvalue weighted by Crippen LogP contribution is 2.28. The largest absolute Gasteiger partial charge is 0.273 e. The Morgan fingerprint density at radius 2 is 1.48 bits per heavy atom. The molecule has 33 heavy (non-hydrogen) atoms. The van der Waals surface area contributed by atoms with Crippen LogP contribution in [0.25, 0.3) is 5.69 Å². The van der Waals surface area contributed by atoms with E-state index in [0.717, 1.165) is 22.6 Å². The summed E-state index contributed by atoms with van der Waals surface area (Å²) in [6.07, 6.45) is 0. The molecule has 6 nitrogen and oxygen atoms in total. The van der Waals surface area contributed by atoms with E-state index in [-0.39, 0.29) is 4.90 Å². The van der Waals surface area contributed by atoms with Gasteiger partial charge in [-0.05, 0) is 50.6 Å². The molecule has 1 N–H and O–H groups in total. The summed E-state index contributed by atoms with van der Waals surface area (Å²) in [6, 6.07) is 24.4. The van der Waals surface area contributed by atoms with Gasteiger partial charge < -0.3 is 0 Å². The van der Waals surface area contributed by atoms with Crippen LogP contribution in [0.15, 0.2) is 88.9 Å². The number of nitrogens with zero attached hydrogens (tertiary/aromatic N) is 3. The summed E-state index contributed by atoms with van der Waals surface area (Å²) < 4.78 is 30.6. The van der Waals surface area contributed by atoms with Gasteiger partial charge in [0, 0.05) is 11.4 Å². The summed E-state index contributed by atoms with van der Waals surface area (Å²) in [5, 5.41) is 9.50. The topological polar surface area (TPSA) is 76.9 Å². The number of sulfonamides is 1. The molecule has 1 heterocycles. The lowest BCUT2D eigenvalue weighted by Gasteiger charge is -2.17. The van der Waals surface area contributed by atoms with Crippen LogP contribution >= 0.6 is 11.8 Å².